The second kappa shape index (κ2) is 6.60. The Morgan fingerprint density at radius 2 is 2.15 bits per heavy atom. The van der Waals surface area contributed by atoms with Gasteiger partial charge in [0.05, 0.1) is 24.4 Å². The maximum absolute atomic E-state index is 11.5. The van der Waals surface area contributed by atoms with E-state index in [2.05, 4.69) is 5.10 Å². The van der Waals surface area contributed by atoms with Crippen LogP contribution in [0.15, 0.2) is 36.5 Å². The van der Waals surface area contributed by atoms with Gasteiger partial charge in [0, 0.05) is 13.2 Å². The Morgan fingerprint density at radius 1 is 1.35 bits per heavy atom. The highest BCUT2D eigenvalue weighted by Gasteiger charge is 2.06. The number of nitrogens with two attached hydrogens (primary N) is 1. The Balaban J connectivity index is 1.69. The Hall–Kier alpha value is -2.50. The molecule has 20 heavy (non-hydrogen) atoms. The van der Waals surface area contributed by atoms with Gasteiger partial charge in [-0.15, -0.1) is 0 Å². The summed E-state index contributed by atoms with van der Waals surface area (Å²) in [5.41, 5.74) is 6.99. The van der Waals surface area contributed by atoms with Crippen LogP contribution < -0.4 is 10.5 Å². The summed E-state index contributed by atoms with van der Waals surface area (Å²) in [7, 11) is 1.81. The smallest absolute Gasteiger partial charge is 0.309 e. The molecule has 1 aromatic carbocycles. The minimum absolute atomic E-state index is 0.168. The molecule has 6 heteroatoms. The van der Waals surface area contributed by atoms with Gasteiger partial charge in [-0.05, 0) is 18.2 Å². The third-order valence-electron chi connectivity index (χ3n) is 2.63. The number of para-hydroxylation sites is 2. The van der Waals surface area contributed by atoms with Crippen LogP contribution in [0.5, 0.6) is 5.75 Å². The van der Waals surface area contributed by atoms with Gasteiger partial charge in [-0.1, -0.05) is 12.1 Å². The lowest BCUT2D eigenvalue weighted by Crippen LogP contribution is -2.10. The maximum Gasteiger partial charge on any atom is 0.309 e. The molecule has 0 atom stereocenters. The number of carbonyl (C=O) groups excluding carboxylic acids is 1. The highest BCUT2D eigenvalue weighted by Crippen LogP contribution is 2.19. The first-order valence-electron chi connectivity index (χ1n) is 6.26. The maximum atomic E-state index is 11.5. The van der Waals surface area contributed by atoms with Crippen molar-refractivity contribution in [3.8, 4) is 5.75 Å². The molecule has 6 nitrogen and oxygen atoms in total. The van der Waals surface area contributed by atoms with E-state index in [1.807, 2.05) is 19.2 Å². The monoisotopic (exact) mass is 275 g/mol. The van der Waals surface area contributed by atoms with E-state index in [1.54, 1.807) is 29.1 Å². The zero-order valence-electron chi connectivity index (χ0n) is 11.3. The molecule has 2 rings (SSSR count). The topological polar surface area (TPSA) is 79.4 Å². The molecule has 0 saturated carbocycles. The van der Waals surface area contributed by atoms with Gasteiger partial charge in [-0.2, -0.15) is 5.10 Å². The van der Waals surface area contributed by atoms with Crippen LogP contribution >= 0.6 is 0 Å². The second-order valence-corrected chi connectivity index (χ2v) is 4.28. The molecule has 0 radical (unpaired) electrons. The molecule has 0 fully saturated rings. The van der Waals surface area contributed by atoms with Gasteiger partial charge in [0.25, 0.3) is 0 Å². The van der Waals surface area contributed by atoms with Crippen LogP contribution in [0, 0.1) is 0 Å². The fraction of sp³-hybridized carbons (Fsp3) is 0.286. The van der Waals surface area contributed by atoms with Crippen molar-refractivity contribution in [3.05, 3.63) is 42.2 Å². The number of benzene rings is 1. The number of nitrogens with zero attached hydrogens (tertiary/aromatic N) is 2. The zero-order chi connectivity index (χ0) is 14.4. The Kier molecular flexibility index (Phi) is 4.60. The summed E-state index contributed by atoms with van der Waals surface area (Å²) in [4.78, 5) is 11.5. The molecule has 1 aromatic heterocycles. The number of aromatic nitrogens is 2. The second-order valence-electron chi connectivity index (χ2n) is 4.28. The average Bonchev–Trinajstić information content (AvgIpc) is 2.84. The summed E-state index contributed by atoms with van der Waals surface area (Å²) in [5, 5.41) is 4.11. The fourth-order valence-electron chi connectivity index (χ4n) is 1.62. The lowest BCUT2D eigenvalue weighted by molar-refractivity contribution is -0.145. The molecule has 0 aliphatic heterocycles. The van der Waals surface area contributed by atoms with E-state index < -0.39 is 0 Å². The summed E-state index contributed by atoms with van der Waals surface area (Å²) >= 11 is 0. The van der Waals surface area contributed by atoms with Gasteiger partial charge in [-0.3, -0.25) is 9.48 Å². The van der Waals surface area contributed by atoms with Crippen molar-refractivity contribution in [2.24, 2.45) is 7.05 Å². The van der Waals surface area contributed by atoms with Crippen LogP contribution in [-0.2, 0) is 23.2 Å². The molecule has 0 aliphatic carbocycles. The molecule has 0 amide bonds. The van der Waals surface area contributed by atoms with Gasteiger partial charge in [0.15, 0.2) is 0 Å². The van der Waals surface area contributed by atoms with Gasteiger partial charge >= 0.3 is 5.97 Å². The number of carbonyl (C=O) groups is 1. The molecule has 0 spiro atoms. The molecule has 1 heterocycles. The van der Waals surface area contributed by atoms with Crippen molar-refractivity contribution in [1.82, 2.24) is 9.78 Å². The Labute approximate surface area is 117 Å². The predicted octanol–water partition coefficient (Wildman–Crippen LogP) is 1.51. The van der Waals surface area contributed by atoms with Crippen molar-refractivity contribution in [2.45, 2.75) is 13.0 Å². The number of ether oxygens (including phenoxy) is 2. The predicted molar refractivity (Wildman–Crippen MR) is 74.0 cm³/mol. The van der Waals surface area contributed by atoms with E-state index >= 15 is 0 Å². The zero-order valence-corrected chi connectivity index (χ0v) is 11.3. The number of hydrogen-bond donors (Lipinski definition) is 1. The number of esters is 1. The van der Waals surface area contributed by atoms with Crippen LogP contribution in [0.25, 0.3) is 0 Å². The molecule has 0 aliphatic rings. The summed E-state index contributed by atoms with van der Waals surface area (Å²) in [6.45, 7) is 0.405. The van der Waals surface area contributed by atoms with Crippen molar-refractivity contribution >= 4 is 11.7 Å². The van der Waals surface area contributed by atoms with E-state index in [-0.39, 0.29) is 25.6 Å². The molecule has 106 valence electrons. The number of nitrogen functional groups attached to an aromatic ring is 1. The minimum atomic E-state index is -0.329. The van der Waals surface area contributed by atoms with E-state index in [9.17, 15) is 4.79 Å². The van der Waals surface area contributed by atoms with Gasteiger partial charge in [0.2, 0.25) is 0 Å². The Bertz CT molecular complexity index is 581. The van der Waals surface area contributed by atoms with E-state index in [0.29, 0.717) is 17.1 Å². The van der Waals surface area contributed by atoms with Crippen LogP contribution in [0.1, 0.15) is 12.1 Å². The van der Waals surface area contributed by atoms with Crippen molar-refractivity contribution in [3.63, 3.8) is 0 Å². The van der Waals surface area contributed by atoms with Crippen molar-refractivity contribution in [2.75, 3.05) is 12.3 Å². The molecular weight excluding hydrogens is 258 g/mol. The van der Waals surface area contributed by atoms with Crippen LogP contribution in [-0.4, -0.2) is 22.4 Å². The first-order valence-corrected chi connectivity index (χ1v) is 6.26. The third-order valence-corrected chi connectivity index (χ3v) is 2.63. The van der Waals surface area contributed by atoms with Crippen LogP contribution in [0.4, 0.5) is 5.69 Å². The quantitative estimate of drug-likeness (QED) is 0.638. The molecular formula is C14H17N3O3. The molecule has 2 aromatic rings. The van der Waals surface area contributed by atoms with Gasteiger partial charge in [0.1, 0.15) is 12.4 Å². The summed E-state index contributed by atoms with van der Waals surface area (Å²) in [6.07, 6.45) is 1.96. The van der Waals surface area contributed by atoms with Crippen molar-refractivity contribution < 1.29 is 14.3 Å². The highest BCUT2D eigenvalue weighted by atomic mass is 16.5. The van der Waals surface area contributed by atoms with Gasteiger partial charge < -0.3 is 15.2 Å². The minimum Gasteiger partial charge on any atom is -0.491 e. The molecule has 2 N–H and O–H groups in total. The first-order chi connectivity index (χ1) is 9.65. The van der Waals surface area contributed by atoms with E-state index in [4.69, 9.17) is 15.2 Å². The fourth-order valence-corrected chi connectivity index (χ4v) is 1.62. The average molecular weight is 275 g/mol. The highest BCUT2D eigenvalue weighted by molar-refractivity contribution is 5.69. The largest absolute Gasteiger partial charge is 0.491 e. The summed E-state index contributed by atoms with van der Waals surface area (Å²) in [6, 6.07) is 8.95. The van der Waals surface area contributed by atoms with Crippen LogP contribution in [0.2, 0.25) is 0 Å². The van der Waals surface area contributed by atoms with Crippen LogP contribution in [0.3, 0.4) is 0 Å². The standard InChI is InChI=1S/C14H17N3O3/c1-17-8-6-11(16-17)10-20-14(18)7-9-19-13-5-3-2-4-12(13)15/h2-6,8H,7,9-10,15H2,1H3. The number of anilines is 1. The van der Waals surface area contributed by atoms with E-state index in [0.717, 1.165) is 0 Å². The number of aryl methyl sites for hydroxylation is 1. The number of hydrogen-bond acceptors (Lipinski definition) is 5. The lowest BCUT2D eigenvalue weighted by atomic mass is 10.3. The third kappa shape index (κ3) is 4.01. The van der Waals surface area contributed by atoms with Crippen molar-refractivity contribution in [1.29, 1.82) is 0 Å². The SMILES string of the molecule is Cn1ccc(COC(=O)CCOc2ccccc2N)n1. The molecule has 0 saturated heterocycles. The summed E-state index contributed by atoms with van der Waals surface area (Å²) in [5.74, 6) is 0.246. The van der Waals surface area contributed by atoms with Gasteiger partial charge in [-0.25, -0.2) is 0 Å². The normalized spacial score (nSPS) is 10.2. The number of rotatable bonds is 6. The molecule has 0 unspecified atom stereocenters. The lowest BCUT2D eigenvalue weighted by Gasteiger charge is -2.08. The first kappa shape index (κ1) is 13.9. The van der Waals surface area contributed by atoms with E-state index in [1.165, 1.54) is 0 Å². The Morgan fingerprint density at radius 3 is 2.85 bits per heavy atom. The molecule has 0 bridgehead atoms. The summed E-state index contributed by atoms with van der Waals surface area (Å²) < 4.78 is 12.2.